The maximum Gasteiger partial charge on any atom is 0.252 e. The summed E-state index contributed by atoms with van der Waals surface area (Å²) in [6, 6.07) is 2.15. The van der Waals surface area contributed by atoms with Crippen LogP contribution in [-0.2, 0) is 0 Å². The van der Waals surface area contributed by atoms with Gasteiger partial charge >= 0.3 is 0 Å². The second-order valence-electron chi connectivity index (χ2n) is 5.22. The average molecular weight is 287 g/mol. The van der Waals surface area contributed by atoms with E-state index in [1.54, 1.807) is 18.5 Å². The van der Waals surface area contributed by atoms with Gasteiger partial charge in [-0.1, -0.05) is 11.8 Å². The van der Waals surface area contributed by atoms with Crippen molar-refractivity contribution in [1.82, 2.24) is 15.2 Å². The predicted octanol–water partition coefficient (Wildman–Crippen LogP) is 0.639. The van der Waals surface area contributed by atoms with E-state index in [4.69, 9.17) is 5.11 Å². The Morgan fingerprint density at radius 3 is 3.14 bits per heavy atom. The molecule has 0 spiro atoms. The Balaban J connectivity index is 1.93. The third-order valence-corrected chi connectivity index (χ3v) is 3.64. The fourth-order valence-corrected chi connectivity index (χ4v) is 2.40. The topological polar surface area (TPSA) is 65.5 Å². The maximum absolute atomic E-state index is 12.1. The van der Waals surface area contributed by atoms with Gasteiger partial charge in [0.2, 0.25) is 0 Å². The van der Waals surface area contributed by atoms with Gasteiger partial charge in [0.1, 0.15) is 0 Å². The van der Waals surface area contributed by atoms with Crippen molar-refractivity contribution in [3.05, 3.63) is 29.6 Å². The van der Waals surface area contributed by atoms with E-state index in [9.17, 15) is 4.79 Å². The molecule has 0 bridgehead atoms. The van der Waals surface area contributed by atoms with Crippen molar-refractivity contribution in [2.75, 3.05) is 26.7 Å². The van der Waals surface area contributed by atoms with E-state index in [-0.39, 0.29) is 12.5 Å². The number of likely N-dealkylation sites (N-methyl/N-ethyl adjacent to an activating group) is 1. The van der Waals surface area contributed by atoms with Crippen LogP contribution < -0.4 is 5.32 Å². The first-order chi connectivity index (χ1) is 10.2. The molecule has 0 aliphatic carbocycles. The van der Waals surface area contributed by atoms with Gasteiger partial charge in [-0.3, -0.25) is 9.78 Å². The number of carbonyl (C=O) groups excluding carboxylic acids is 1. The molecule has 1 unspecified atom stereocenters. The number of aliphatic hydroxyl groups excluding tert-OH is 1. The van der Waals surface area contributed by atoms with Crippen LogP contribution in [0, 0.1) is 11.8 Å². The lowest BCUT2D eigenvalue weighted by Crippen LogP contribution is -2.38. The van der Waals surface area contributed by atoms with Crippen molar-refractivity contribution in [2.24, 2.45) is 0 Å². The number of aromatic nitrogens is 1. The molecule has 1 aliphatic heterocycles. The summed E-state index contributed by atoms with van der Waals surface area (Å²) in [4.78, 5) is 18.4. The zero-order valence-electron chi connectivity index (χ0n) is 12.3. The van der Waals surface area contributed by atoms with Crippen LogP contribution in [0.25, 0.3) is 0 Å². The molecule has 1 aromatic heterocycles. The summed E-state index contributed by atoms with van der Waals surface area (Å²) in [5.41, 5.74) is 1.21. The highest BCUT2D eigenvalue weighted by Gasteiger charge is 2.21. The van der Waals surface area contributed by atoms with Gasteiger partial charge in [0.25, 0.3) is 5.91 Å². The normalized spacial score (nSPS) is 18.1. The largest absolute Gasteiger partial charge is 0.395 e. The maximum atomic E-state index is 12.1. The minimum Gasteiger partial charge on any atom is -0.395 e. The number of rotatable bonds is 4. The Labute approximate surface area is 125 Å². The molecule has 1 atom stereocenters. The van der Waals surface area contributed by atoms with Crippen LogP contribution in [0.4, 0.5) is 0 Å². The standard InChI is InChI=1S/C16H21N3O2/c1-19-7-4-6-15(19)12-18-16(21)14-9-13(10-17-11-14)5-2-3-8-20/h9-11,15,20H,3-4,6-8,12H2,1H3,(H,18,21). The Bertz CT molecular complexity index is 548. The monoisotopic (exact) mass is 287 g/mol. The number of nitrogens with zero attached hydrogens (tertiary/aromatic N) is 2. The minimum atomic E-state index is -0.117. The molecule has 5 heteroatoms. The average Bonchev–Trinajstić information content (AvgIpc) is 2.91. The second kappa shape index (κ2) is 7.77. The molecular formula is C16H21N3O2. The van der Waals surface area contributed by atoms with Crippen LogP contribution >= 0.6 is 0 Å². The molecule has 2 heterocycles. The van der Waals surface area contributed by atoms with Gasteiger partial charge in [-0.05, 0) is 32.5 Å². The van der Waals surface area contributed by atoms with Crippen molar-refractivity contribution < 1.29 is 9.90 Å². The van der Waals surface area contributed by atoms with Gasteiger partial charge < -0.3 is 15.3 Å². The molecule has 2 N–H and O–H groups in total. The number of hydrogen-bond donors (Lipinski definition) is 2. The number of carbonyl (C=O) groups is 1. The number of amides is 1. The summed E-state index contributed by atoms with van der Waals surface area (Å²) in [7, 11) is 2.09. The minimum absolute atomic E-state index is 0.0372. The Morgan fingerprint density at radius 2 is 2.43 bits per heavy atom. The summed E-state index contributed by atoms with van der Waals surface area (Å²) in [5, 5.41) is 11.7. The fraction of sp³-hybridized carbons (Fsp3) is 0.500. The second-order valence-corrected chi connectivity index (χ2v) is 5.22. The van der Waals surface area contributed by atoms with Crippen LogP contribution in [-0.4, -0.2) is 53.7 Å². The quantitative estimate of drug-likeness (QED) is 0.798. The first-order valence-electron chi connectivity index (χ1n) is 7.24. The highest BCUT2D eigenvalue weighted by atomic mass is 16.2. The highest BCUT2D eigenvalue weighted by Crippen LogP contribution is 2.13. The van der Waals surface area contributed by atoms with E-state index in [0.29, 0.717) is 30.1 Å². The summed E-state index contributed by atoms with van der Waals surface area (Å²) in [6.07, 6.45) is 5.90. The molecule has 2 rings (SSSR count). The van der Waals surface area contributed by atoms with E-state index in [2.05, 4.69) is 34.1 Å². The number of pyridine rings is 1. The summed E-state index contributed by atoms with van der Waals surface area (Å²) in [6.45, 7) is 1.79. The number of aliphatic hydroxyl groups is 1. The zero-order chi connectivity index (χ0) is 15.1. The fourth-order valence-electron chi connectivity index (χ4n) is 2.40. The van der Waals surface area contributed by atoms with Crippen LogP contribution in [0.15, 0.2) is 18.5 Å². The van der Waals surface area contributed by atoms with Crippen molar-refractivity contribution in [3.8, 4) is 11.8 Å². The van der Waals surface area contributed by atoms with Crippen LogP contribution in [0.5, 0.6) is 0 Å². The third kappa shape index (κ3) is 4.55. The number of hydrogen-bond acceptors (Lipinski definition) is 4. The Kier molecular flexibility index (Phi) is 5.73. The van der Waals surface area contributed by atoms with E-state index >= 15 is 0 Å². The van der Waals surface area contributed by atoms with E-state index in [0.717, 1.165) is 13.0 Å². The predicted molar refractivity (Wildman–Crippen MR) is 80.8 cm³/mol. The van der Waals surface area contributed by atoms with E-state index in [1.165, 1.54) is 6.42 Å². The van der Waals surface area contributed by atoms with Gasteiger partial charge in [-0.15, -0.1) is 0 Å². The summed E-state index contributed by atoms with van der Waals surface area (Å²) in [5.74, 6) is 5.59. The highest BCUT2D eigenvalue weighted by molar-refractivity contribution is 5.94. The van der Waals surface area contributed by atoms with Gasteiger partial charge in [0.05, 0.1) is 12.2 Å². The van der Waals surface area contributed by atoms with Gasteiger partial charge in [-0.25, -0.2) is 0 Å². The first-order valence-corrected chi connectivity index (χ1v) is 7.24. The number of nitrogens with one attached hydrogen (secondary N) is 1. The molecule has 0 aromatic carbocycles. The lowest BCUT2D eigenvalue weighted by Gasteiger charge is -2.19. The lowest BCUT2D eigenvalue weighted by atomic mass is 10.2. The Hall–Kier alpha value is -1.90. The molecule has 5 nitrogen and oxygen atoms in total. The van der Waals surface area contributed by atoms with E-state index in [1.807, 2.05) is 0 Å². The molecule has 1 aromatic rings. The zero-order valence-corrected chi connectivity index (χ0v) is 12.3. The first kappa shape index (κ1) is 15.5. The molecule has 21 heavy (non-hydrogen) atoms. The van der Waals surface area contributed by atoms with Crippen molar-refractivity contribution in [2.45, 2.75) is 25.3 Å². The van der Waals surface area contributed by atoms with E-state index < -0.39 is 0 Å². The van der Waals surface area contributed by atoms with Crippen LogP contribution in [0.3, 0.4) is 0 Å². The molecule has 0 saturated carbocycles. The molecule has 1 amide bonds. The van der Waals surface area contributed by atoms with Gasteiger partial charge in [0, 0.05) is 37.0 Å². The van der Waals surface area contributed by atoms with Crippen LogP contribution in [0.2, 0.25) is 0 Å². The summed E-state index contributed by atoms with van der Waals surface area (Å²) >= 11 is 0. The lowest BCUT2D eigenvalue weighted by molar-refractivity contribution is 0.0943. The van der Waals surface area contributed by atoms with Crippen molar-refractivity contribution in [1.29, 1.82) is 0 Å². The SMILES string of the molecule is CN1CCCC1CNC(=O)c1cncc(C#CCCO)c1. The number of likely N-dealkylation sites (tertiary alicyclic amines) is 1. The molecule has 112 valence electrons. The molecule has 1 fully saturated rings. The summed E-state index contributed by atoms with van der Waals surface area (Å²) < 4.78 is 0. The molecule has 1 aliphatic rings. The smallest absolute Gasteiger partial charge is 0.252 e. The molecular weight excluding hydrogens is 266 g/mol. The van der Waals surface area contributed by atoms with Crippen molar-refractivity contribution in [3.63, 3.8) is 0 Å². The third-order valence-electron chi connectivity index (χ3n) is 3.64. The van der Waals surface area contributed by atoms with Gasteiger partial charge in [-0.2, -0.15) is 0 Å². The molecule has 1 saturated heterocycles. The Morgan fingerprint density at radius 1 is 1.57 bits per heavy atom. The van der Waals surface area contributed by atoms with Gasteiger partial charge in [0.15, 0.2) is 0 Å². The molecule has 0 radical (unpaired) electrons. The van der Waals surface area contributed by atoms with Crippen LogP contribution in [0.1, 0.15) is 35.2 Å². The van der Waals surface area contributed by atoms with Crippen molar-refractivity contribution >= 4 is 5.91 Å².